The molecule has 0 aromatic heterocycles. The lowest BCUT2D eigenvalue weighted by molar-refractivity contribution is 0.0298. The zero-order valence-electron chi connectivity index (χ0n) is 12.1. The van der Waals surface area contributed by atoms with Gasteiger partial charge in [-0.1, -0.05) is 25.1 Å². The van der Waals surface area contributed by atoms with Crippen molar-refractivity contribution in [2.45, 2.75) is 51.9 Å². The van der Waals surface area contributed by atoms with Crippen LogP contribution in [0.5, 0.6) is 0 Å². The van der Waals surface area contributed by atoms with E-state index in [2.05, 4.69) is 30.9 Å². The molecular weight excluding hydrogens is 236 g/mol. The Kier molecular flexibility index (Phi) is 5.23. The number of benzene rings is 1. The van der Waals surface area contributed by atoms with Gasteiger partial charge in [0.05, 0.1) is 12.2 Å². The second kappa shape index (κ2) is 6.92. The molecule has 1 aromatic carbocycles. The van der Waals surface area contributed by atoms with Crippen molar-refractivity contribution in [1.82, 2.24) is 4.90 Å². The highest BCUT2D eigenvalue weighted by Gasteiger charge is 2.23. The maximum atomic E-state index is 6.04. The first-order valence-corrected chi connectivity index (χ1v) is 7.40. The third-order valence-electron chi connectivity index (χ3n) is 3.77. The predicted molar refractivity (Wildman–Crippen MR) is 80.0 cm³/mol. The summed E-state index contributed by atoms with van der Waals surface area (Å²) in [4.78, 5) is 2.47. The minimum Gasteiger partial charge on any atom is -0.398 e. The van der Waals surface area contributed by atoms with Gasteiger partial charge < -0.3 is 10.5 Å². The molecule has 1 heterocycles. The molecule has 2 N–H and O–H groups in total. The largest absolute Gasteiger partial charge is 0.398 e. The van der Waals surface area contributed by atoms with Gasteiger partial charge in [0.1, 0.15) is 0 Å². The average molecular weight is 262 g/mol. The summed E-state index contributed by atoms with van der Waals surface area (Å²) < 4.78 is 5.93. The van der Waals surface area contributed by atoms with Crippen molar-refractivity contribution < 1.29 is 4.74 Å². The Balaban J connectivity index is 1.94. The maximum Gasteiger partial charge on any atom is 0.0706 e. The number of nitrogens with zero attached hydrogens (tertiary/aromatic N) is 1. The summed E-state index contributed by atoms with van der Waals surface area (Å²) in [7, 11) is 0. The smallest absolute Gasteiger partial charge is 0.0706 e. The quantitative estimate of drug-likeness (QED) is 0.801. The van der Waals surface area contributed by atoms with Crippen molar-refractivity contribution in [2.75, 3.05) is 18.8 Å². The van der Waals surface area contributed by atoms with E-state index in [9.17, 15) is 0 Å². The minimum absolute atomic E-state index is 0.395. The van der Waals surface area contributed by atoms with Crippen LogP contribution in [0.15, 0.2) is 24.3 Å². The van der Waals surface area contributed by atoms with Gasteiger partial charge in [0.25, 0.3) is 0 Å². The third kappa shape index (κ3) is 4.22. The van der Waals surface area contributed by atoms with Gasteiger partial charge in [0.15, 0.2) is 0 Å². The van der Waals surface area contributed by atoms with Crippen molar-refractivity contribution in [3.8, 4) is 0 Å². The molecule has 0 bridgehead atoms. The normalized spacial score (nSPS) is 23.1. The highest BCUT2D eigenvalue weighted by Crippen LogP contribution is 2.21. The number of para-hydroxylation sites is 1. The van der Waals surface area contributed by atoms with Crippen LogP contribution in [0.1, 0.15) is 38.7 Å². The van der Waals surface area contributed by atoms with Gasteiger partial charge in [-0.05, 0) is 44.4 Å². The number of anilines is 1. The molecule has 1 fully saturated rings. The Morgan fingerprint density at radius 1 is 1.32 bits per heavy atom. The zero-order chi connectivity index (χ0) is 13.7. The fourth-order valence-corrected chi connectivity index (χ4v) is 2.78. The van der Waals surface area contributed by atoms with Gasteiger partial charge in [-0.3, -0.25) is 4.90 Å². The van der Waals surface area contributed by atoms with Crippen molar-refractivity contribution in [3.05, 3.63) is 29.8 Å². The Bertz CT molecular complexity index is 394. The summed E-state index contributed by atoms with van der Waals surface area (Å²) >= 11 is 0. The SMILES string of the molecule is CCCN(Cc1ccccc1N)CC1CCC(C)O1. The summed E-state index contributed by atoms with van der Waals surface area (Å²) in [6.45, 7) is 7.43. The molecule has 2 rings (SSSR count). The van der Waals surface area contributed by atoms with Crippen LogP contribution in [0, 0.1) is 0 Å². The summed E-state index contributed by atoms with van der Waals surface area (Å²) in [5.74, 6) is 0. The third-order valence-corrected chi connectivity index (χ3v) is 3.77. The van der Waals surface area contributed by atoms with Gasteiger partial charge in [0, 0.05) is 18.8 Å². The first-order chi connectivity index (χ1) is 9.19. The Morgan fingerprint density at radius 3 is 2.74 bits per heavy atom. The molecule has 0 spiro atoms. The van der Waals surface area contributed by atoms with Gasteiger partial charge in [-0.15, -0.1) is 0 Å². The number of rotatable bonds is 6. The molecule has 3 nitrogen and oxygen atoms in total. The number of hydrogen-bond donors (Lipinski definition) is 1. The molecule has 3 heteroatoms. The fraction of sp³-hybridized carbons (Fsp3) is 0.625. The first-order valence-electron chi connectivity index (χ1n) is 7.40. The van der Waals surface area contributed by atoms with E-state index in [4.69, 9.17) is 10.5 Å². The first kappa shape index (κ1) is 14.4. The predicted octanol–water partition coefficient (Wildman–Crippen LogP) is 3.05. The molecule has 1 aliphatic heterocycles. The second-order valence-corrected chi connectivity index (χ2v) is 5.58. The van der Waals surface area contributed by atoms with E-state index < -0.39 is 0 Å². The molecule has 0 aliphatic carbocycles. The van der Waals surface area contributed by atoms with Crippen molar-refractivity contribution >= 4 is 5.69 Å². The summed E-state index contributed by atoms with van der Waals surface area (Å²) in [5, 5.41) is 0. The Labute approximate surface area is 116 Å². The highest BCUT2D eigenvalue weighted by atomic mass is 16.5. The standard InChI is InChI=1S/C16H26N2O/c1-3-10-18(12-15-9-8-13(2)19-15)11-14-6-4-5-7-16(14)17/h4-7,13,15H,3,8-12,17H2,1-2H3. The van der Waals surface area contributed by atoms with E-state index >= 15 is 0 Å². The van der Waals surface area contributed by atoms with Crippen LogP contribution in [0.4, 0.5) is 5.69 Å². The Hall–Kier alpha value is -1.06. The van der Waals surface area contributed by atoms with E-state index in [1.165, 1.54) is 18.4 Å². The second-order valence-electron chi connectivity index (χ2n) is 5.58. The molecule has 2 atom stereocenters. The molecule has 0 amide bonds. The van der Waals surface area contributed by atoms with Crippen molar-refractivity contribution in [3.63, 3.8) is 0 Å². The van der Waals surface area contributed by atoms with Crippen LogP contribution in [0.3, 0.4) is 0 Å². The summed E-state index contributed by atoms with van der Waals surface area (Å²) in [5.41, 5.74) is 8.15. The lowest BCUT2D eigenvalue weighted by Gasteiger charge is -2.25. The van der Waals surface area contributed by atoms with Crippen LogP contribution >= 0.6 is 0 Å². The van der Waals surface area contributed by atoms with Crippen LogP contribution in [0.2, 0.25) is 0 Å². The van der Waals surface area contributed by atoms with E-state index in [1.54, 1.807) is 0 Å². The molecule has 106 valence electrons. The van der Waals surface area contributed by atoms with Crippen molar-refractivity contribution in [1.29, 1.82) is 0 Å². The number of hydrogen-bond acceptors (Lipinski definition) is 3. The number of nitrogens with two attached hydrogens (primary N) is 1. The monoisotopic (exact) mass is 262 g/mol. The zero-order valence-corrected chi connectivity index (χ0v) is 12.1. The molecule has 0 radical (unpaired) electrons. The summed E-state index contributed by atoms with van der Waals surface area (Å²) in [6.07, 6.45) is 4.36. The van der Waals surface area contributed by atoms with Crippen LogP contribution < -0.4 is 5.73 Å². The van der Waals surface area contributed by atoms with E-state index in [0.717, 1.165) is 31.7 Å². The molecule has 2 unspecified atom stereocenters. The van der Waals surface area contributed by atoms with Gasteiger partial charge in [0.2, 0.25) is 0 Å². The number of ether oxygens (including phenoxy) is 1. The fourth-order valence-electron chi connectivity index (χ4n) is 2.78. The topological polar surface area (TPSA) is 38.5 Å². The van der Waals surface area contributed by atoms with E-state index in [1.807, 2.05) is 12.1 Å². The minimum atomic E-state index is 0.395. The molecule has 19 heavy (non-hydrogen) atoms. The molecule has 0 saturated carbocycles. The molecular formula is C16H26N2O. The maximum absolute atomic E-state index is 6.04. The van der Waals surface area contributed by atoms with Gasteiger partial charge >= 0.3 is 0 Å². The molecule has 1 aromatic rings. The van der Waals surface area contributed by atoms with Crippen molar-refractivity contribution in [2.24, 2.45) is 0 Å². The Morgan fingerprint density at radius 2 is 2.11 bits per heavy atom. The van der Waals surface area contributed by atoms with E-state index in [-0.39, 0.29) is 0 Å². The highest BCUT2D eigenvalue weighted by molar-refractivity contribution is 5.46. The number of nitrogen functional groups attached to an aromatic ring is 1. The van der Waals surface area contributed by atoms with Gasteiger partial charge in [-0.2, -0.15) is 0 Å². The lowest BCUT2D eigenvalue weighted by Crippen LogP contribution is -2.33. The van der Waals surface area contributed by atoms with Crippen LogP contribution in [0.25, 0.3) is 0 Å². The van der Waals surface area contributed by atoms with Gasteiger partial charge in [-0.25, -0.2) is 0 Å². The van der Waals surface area contributed by atoms with Crippen LogP contribution in [-0.2, 0) is 11.3 Å². The molecule has 1 aliphatic rings. The van der Waals surface area contributed by atoms with Crippen LogP contribution in [-0.4, -0.2) is 30.2 Å². The van der Waals surface area contributed by atoms with E-state index in [0.29, 0.717) is 12.2 Å². The summed E-state index contributed by atoms with van der Waals surface area (Å²) in [6, 6.07) is 8.15. The molecule has 1 saturated heterocycles. The lowest BCUT2D eigenvalue weighted by atomic mass is 10.1. The average Bonchev–Trinajstić information content (AvgIpc) is 2.78.